The van der Waals surface area contributed by atoms with Gasteiger partial charge in [0.2, 0.25) is 23.6 Å². The number of carbonyl (C=O) groups excluding carboxylic acids is 4. The summed E-state index contributed by atoms with van der Waals surface area (Å²) in [6, 6.07) is 29.6. The van der Waals surface area contributed by atoms with E-state index < -0.39 is 0 Å². The molecular weight excluding hydrogens is 1540 g/mol. The number of anilines is 3. The monoisotopic (exact) mass is 1600 g/mol. The Balaban J connectivity index is 0.000000201. The van der Waals surface area contributed by atoms with Crippen molar-refractivity contribution in [2.45, 2.75) is 33.9 Å². The van der Waals surface area contributed by atoms with Gasteiger partial charge in [0, 0.05) is 129 Å². The quantitative estimate of drug-likeness (QED) is 0.0515. The van der Waals surface area contributed by atoms with Crippen LogP contribution < -0.4 is 123 Å². The Morgan fingerprint density at radius 1 is 0.587 bits per heavy atom. The van der Waals surface area contributed by atoms with Crippen LogP contribution in [-0.4, -0.2) is 173 Å². The van der Waals surface area contributed by atoms with E-state index in [1.807, 2.05) is 108 Å². The third kappa shape index (κ3) is 19.8. The molecule has 0 bridgehead atoms. The molecular formula is C61H62Cl4I2K2N16O7. The van der Waals surface area contributed by atoms with Crippen molar-refractivity contribution in [1.29, 1.82) is 0 Å². The van der Waals surface area contributed by atoms with E-state index in [0.717, 1.165) is 136 Å². The summed E-state index contributed by atoms with van der Waals surface area (Å²) >= 11 is 28.2. The molecule has 0 radical (unpaired) electrons. The van der Waals surface area contributed by atoms with Crippen molar-refractivity contribution in [1.82, 2.24) is 64.4 Å². The molecule has 3 aliphatic rings. The fraction of sp³-hybridized carbons (Fsp3) is 0.295. The van der Waals surface area contributed by atoms with E-state index in [0.29, 0.717) is 43.4 Å². The van der Waals surface area contributed by atoms with Crippen LogP contribution in [0.5, 0.6) is 0 Å². The molecule has 13 rings (SSSR count). The first kappa shape index (κ1) is 75.2. The van der Waals surface area contributed by atoms with Gasteiger partial charge >= 0.3 is 103 Å². The second-order valence-electron chi connectivity index (χ2n) is 20.7. The van der Waals surface area contributed by atoms with Crippen LogP contribution >= 0.6 is 91.6 Å². The molecule has 3 aliphatic heterocycles. The van der Waals surface area contributed by atoms with Gasteiger partial charge in [-0.15, -0.1) is 11.6 Å². The number of benzene rings is 3. The zero-order chi connectivity index (χ0) is 63.8. The second kappa shape index (κ2) is 36.8. The maximum absolute atomic E-state index is 13.0. The van der Waals surface area contributed by atoms with E-state index in [1.165, 1.54) is 6.26 Å². The minimum Gasteiger partial charge on any atom is -1.00 e. The van der Waals surface area contributed by atoms with Gasteiger partial charge in [-0.25, -0.2) is 29.3 Å². The average Bonchev–Trinajstić information content (AvgIpc) is 1.70. The number of oxazole rings is 1. The van der Waals surface area contributed by atoms with Crippen LogP contribution in [0.3, 0.4) is 0 Å². The smallest absolute Gasteiger partial charge is 1.00 e. The van der Waals surface area contributed by atoms with E-state index in [-0.39, 0.29) is 147 Å². The summed E-state index contributed by atoms with van der Waals surface area (Å²) in [5.74, 6) is 0.592. The second-order valence-corrected chi connectivity index (χ2v) is 24.3. The molecule has 0 atom stereocenters. The summed E-state index contributed by atoms with van der Waals surface area (Å²) in [6.45, 7) is 15.2. The van der Waals surface area contributed by atoms with Crippen LogP contribution in [0.1, 0.15) is 18.1 Å². The molecule has 1 N–H and O–H groups in total. The fourth-order valence-corrected chi connectivity index (χ4v) is 11.9. The zero-order valence-electron chi connectivity index (χ0n) is 52.1. The summed E-state index contributed by atoms with van der Waals surface area (Å²) in [5.41, 5.74) is 9.41. The number of aromatic nitrogens is 10. The summed E-state index contributed by atoms with van der Waals surface area (Å²) in [7, 11) is 0. The van der Waals surface area contributed by atoms with Crippen LogP contribution in [0.2, 0.25) is 15.1 Å². The molecule has 0 saturated carbocycles. The number of hydrogen-bond acceptors (Lipinski definition) is 17. The Morgan fingerprint density at radius 3 is 1.41 bits per heavy atom. The van der Waals surface area contributed by atoms with Crippen molar-refractivity contribution in [2.24, 2.45) is 0 Å². The van der Waals surface area contributed by atoms with Gasteiger partial charge in [-0.1, -0.05) is 34.8 Å². The molecule has 10 heterocycles. The molecule has 3 aromatic carbocycles. The summed E-state index contributed by atoms with van der Waals surface area (Å²) in [5, 5.41) is 29.5. The van der Waals surface area contributed by atoms with E-state index in [1.54, 1.807) is 34.2 Å². The Morgan fingerprint density at radius 2 is 1.00 bits per heavy atom. The van der Waals surface area contributed by atoms with Crippen molar-refractivity contribution >= 4 is 166 Å². The minimum atomic E-state index is -0.181. The third-order valence-corrected chi connectivity index (χ3v) is 18.1. The first-order chi connectivity index (χ1) is 43.5. The zero-order valence-corrected chi connectivity index (χ0v) is 64.6. The van der Waals surface area contributed by atoms with Gasteiger partial charge in [0.1, 0.15) is 32.6 Å². The molecule has 92 heavy (non-hydrogen) atoms. The van der Waals surface area contributed by atoms with Gasteiger partial charge in [-0.05, 0) is 174 Å². The van der Waals surface area contributed by atoms with Crippen LogP contribution in [0.25, 0.3) is 44.7 Å². The van der Waals surface area contributed by atoms with E-state index in [4.69, 9.17) is 60.9 Å². The van der Waals surface area contributed by atoms with E-state index in [2.05, 4.69) is 123 Å². The minimum absolute atomic E-state index is 0. The number of piperazine rings is 3. The van der Waals surface area contributed by atoms with Crippen LogP contribution in [0.15, 0.2) is 126 Å². The van der Waals surface area contributed by atoms with Crippen LogP contribution in [0, 0.1) is 28.2 Å². The standard InChI is InChI=1S/C22H21ClN6O2.C19H19ClIN5O.C13H16Cl2N2O.C6H4IN3.CH2O3.2K.H/c1-15-13-16(4-5-18(15)23)27-8-10-28(11-9-27)19(30)14-29-21-17(3-2-6-24-21)20(26-29)22-25-7-12-31-22;1-13-11-14(4-5-16(13)20)24-7-9-25(10-8-24)17(27)12-26-19-15(18(21)23-26)3-2-6-22-19;1-10-8-11(2-3-12(10)15)16-4-6-17(7-5-16)13(18)9-14;7-5-4-2-1-3-8-6(4)10-9-5;2-1-4-3;;;/h2-7,12-13H,8-11,14H2,1H3;2-6,11H,7-10,12H2,1H3;2-3,8H,4-7,9H2,1H3;1-3H,(H,8,9,10);1,3H;;;/q;;;;;2*+1;-1/p-1. The number of pyridine rings is 3. The van der Waals surface area contributed by atoms with Crippen molar-refractivity contribution in [2.75, 3.05) is 99.1 Å². The predicted molar refractivity (Wildman–Crippen MR) is 364 cm³/mol. The number of alkyl halides is 1. The number of nitrogens with one attached hydrogen (secondary N) is 1. The topological polar surface area (TPSA) is 249 Å². The molecule has 3 saturated heterocycles. The first-order valence-electron chi connectivity index (χ1n) is 28.3. The summed E-state index contributed by atoms with van der Waals surface area (Å²) in [6.07, 6.45) is 8.23. The Hall–Kier alpha value is -4.14. The third-order valence-electron chi connectivity index (χ3n) is 15.0. The Kier molecular flexibility index (Phi) is 30.1. The number of halogens is 6. The van der Waals surface area contributed by atoms with Gasteiger partial charge in [-0.3, -0.25) is 24.3 Å². The molecule has 10 aromatic rings. The molecule has 0 spiro atoms. The number of amides is 3. The van der Waals surface area contributed by atoms with Gasteiger partial charge in [0.25, 0.3) is 6.47 Å². The summed E-state index contributed by atoms with van der Waals surface area (Å²) in [4.78, 5) is 78.0. The number of carbonyl (C=O) groups is 4. The van der Waals surface area contributed by atoms with Crippen molar-refractivity contribution in [3.8, 4) is 11.6 Å². The van der Waals surface area contributed by atoms with Crippen molar-refractivity contribution in [3.05, 3.63) is 161 Å². The molecule has 3 fully saturated rings. The molecule has 0 unspecified atom stereocenters. The Bertz CT molecular complexity index is 4100. The molecule has 0 aliphatic carbocycles. The van der Waals surface area contributed by atoms with Crippen LogP contribution in [0.4, 0.5) is 17.1 Å². The molecule has 3 amide bonds. The molecule has 23 nitrogen and oxygen atoms in total. The number of H-pyrrole nitrogens is 1. The molecule has 31 heteroatoms. The predicted octanol–water partition coefficient (Wildman–Crippen LogP) is 3.40. The van der Waals surface area contributed by atoms with E-state index >= 15 is 0 Å². The first-order valence-corrected chi connectivity index (χ1v) is 32.1. The maximum atomic E-state index is 13.0. The largest absolute Gasteiger partial charge is 1.00 e. The number of hydrogen-bond donors (Lipinski definition) is 1. The average molecular weight is 1610 g/mol. The molecule has 472 valence electrons. The van der Waals surface area contributed by atoms with Gasteiger partial charge < -0.3 is 45.4 Å². The van der Waals surface area contributed by atoms with Crippen LogP contribution in [-0.2, 0) is 37.2 Å². The van der Waals surface area contributed by atoms with Gasteiger partial charge in [-0.2, -0.15) is 15.3 Å². The Labute approximate surface area is 664 Å². The normalized spacial score (nSPS) is 13.7. The number of nitrogens with zero attached hydrogens (tertiary/aromatic N) is 15. The number of aromatic amines is 1. The number of fused-ring (bicyclic) bond motifs is 3. The molecule has 7 aromatic heterocycles. The van der Waals surface area contributed by atoms with Crippen molar-refractivity contribution < 1.29 is 138 Å². The van der Waals surface area contributed by atoms with Gasteiger partial charge in [0.05, 0.1) is 22.4 Å². The number of aryl methyl sites for hydroxylation is 3. The van der Waals surface area contributed by atoms with Gasteiger partial charge in [0.15, 0.2) is 22.6 Å². The van der Waals surface area contributed by atoms with Crippen molar-refractivity contribution in [3.63, 3.8) is 0 Å². The SMILES string of the molecule is Cc1cc(N2CCN(C(=O)CCl)CC2)ccc1Cl.Cc1cc(N2CCN(C(=O)Cn3nc(-c4ncco4)c4cccnc43)CC2)ccc1Cl.Cc1cc(N2CCN(C(=O)Cn3nc(I)c4cccnc43)CC2)ccc1Cl.Ic1[nH]nc2ncccc12.O=CO[O-].[H-].[K+].[K+]. The van der Waals surface area contributed by atoms with E-state index in [9.17, 15) is 14.4 Å². The maximum Gasteiger partial charge on any atom is 1.00 e. The fourth-order valence-electron chi connectivity index (χ4n) is 10.2. The number of rotatable bonds is 10. The summed E-state index contributed by atoms with van der Waals surface area (Å²) < 4.78 is 10.7.